The van der Waals surface area contributed by atoms with E-state index >= 15 is 0 Å². The van der Waals surface area contributed by atoms with Gasteiger partial charge in [0.1, 0.15) is 6.10 Å². The van der Waals surface area contributed by atoms with Crippen molar-refractivity contribution in [3.8, 4) is 5.75 Å². The summed E-state index contributed by atoms with van der Waals surface area (Å²) in [7, 11) is 0. The van der Waals surface area contributed by atoms with Crippen LogP contribution in [0.4, 0.5) is 4.39 Å². The normalized spacial score (nSPS) is 21.5. The molecule has 2 nitrogen and oxygen atoms in total. The van der Waals surface area contributed by atoms with Crippen molar-refractivity contribution in [2.24, 2.45) is 0 Å². The lowest BCUT2D eigenvalue weighted by Crippen LogP contribution is -2.19. The molecule has 2 rings (SSSR count). The highest BCUT2D eigenvalue weighted by Crippen LogP contribution is 2.24. The minimum Gasteiger partial charge on any atom is -0.487 e. The first kappa shape index (κ1) is 11.7. The number of halogens is 2. The first-order valence-corrected chi connectivity index (χ1v) is 5.96. The topological polar surface area (TPSA) is 21.3 Å². The number of rotatable bonds is 2. The van der Waals surface area contributed by atoms with Gasteiger partial charge in [0.25, 0.3) is 0 Å². The number of benzene rings is 1. The van der Waals surface area contributed by atoms with Crippen LogP contribution in [0.2, 0.25) is 5.02 Å². The van der Waals surface area contributed by atoms with Crippen molar-refractivity contribution in [1.29, 1.82) is 0 Å². The molecule has 4 heteroatoms. The second-order valence-electron chi connectivity index (χ2n) is 4.00. The summed E-state index contributed by atoms with van der Waals surface area (Å²) in [5.41, 5.74) is 0. The van der Waals surface area contributed by atoms with E-state index in [-0.39, 0.29) is 11.9 Å². The van der Waals surface area contributed by atoms with Crippen LogP contribution in [-0.2, 0) is 0 Å². The van der Waals surface area contributed by atoms with Crippen LogP contribution in [0.15, 0.2) is 18.2 Å². The minimum absolute atomic E-state index is 0.102. The van der Waals surface area contributed by atoms with Gasteiger partial charge in [-0.05, 0) is 50.6 Å². The molecule has 1 aliphatic rings. The lowest BCUT2D eigenvalue weighted by Gasteiger charge is -2.17. The van der Waals surface area contributed by atoms with Gasteiger partial charge in [0, 0.05) is 5.02 Å². The maximum atomic E-state index is 13.5. The molecular formula is C12H15ClFNO. The van der Waals surface area contributed by atoms with E-state index in [4.69, 9.17) is 16.3 Å². The molecule has 16 heavy (non-hydrogen) atoms. The minimum atomic E-state index is -0.385. The average Bonchev–Trinajstić information content (AvgIpc) is 2.51. The van der Waals surface area contributed by atoms with E-state index < -0.39 is 0 Å². The van der Waals surface area contributed by atoms with Gasteiger partial charge in [0.05, 0.1) is 0 Å². The Morgan fingerprint density at radius 2 is 2.19 bits per heavy atom. The van der Waals surface area contributed by atoms with Gasteiger partial charge >= 0.3 is 0 Å². The van der Waals surface area contributed by atoms with Crippen molar-refractivity contribution in [1.82, 2.24) is 5.32 Å². The molecule has 0 bridgehead atoms. The number of ether oxygens (including phenoxy) is 1. The SMILES string of the molecule is Fc1cc(Cl)ccc1OC1CCCNCC1. The van der Waals surface area contributed by atoms with E-state index in [0.29, 0.717) is 10.8 Å². The molecule has 0 spiro atoms. The van der Waals surface area contributed by atoms with Crippen LogP contribution in [-0.4, -0.2) is 19.2 Å². The summed E-state index contributed by atoms with van der Waals surface area (Å²) >= 11 is 5.68. The van der Waals surface area contributed by atoms with Gasteiger partial charge in [0.15, 0.2) is 11.6 Å². The summed E-state index contributed by atoms with van der Waals surface area (Å²) in [6, 6.07) is 4.52. The Bertz CT molecular complexity index is 351. The average molecular weight is 244 g/mol. The third-order valence-electron chi connectivity index (χ3n) is 2.71. The molecule has 0 aromatic heterocycles. The fourth-order valence-electron chi connectivity index (χ4n) is 1.86. The Morgan fingerprint density at radius 3 is 3.00 bits per heavy atom. The predicted molar refractivity (Wildman–Crippen MR) is 62.5 cm³/mol. The molecule has 1 fully saturated rings. The van der Waals surface area contributed by atoms with E-state index in [2.05, 4.69) is 5.32 Å². The van der Waals surface area contributed by atoms with Crippen LogP contribution in [0, 0.1) is 5.82 Å². The predicted octanol–water partition coefficient (Wildman–Crippen LogP) is 3.00. The monoisotopic (exact) mass is 243 g/mol. The van der Waals surface area contributed by atoms with Gasteiger partial charge in [-0.25, -0.2) is 4.39 Å². The number of hydrogen-bond donors (Lipinski definition) is 1. The van der Waals surface area contributed by atoms with Gasteiger partial charge in [0.2, 0.25) is 0 Å². The van der Waals surface area contributed by atoms with Gasteiger partial charge in [-0.15, -0.1) is 0 Å². The molecular weight excluding hydrogens is 229 g/mol. The zero-order valence-corrected chi connectivity index (χ0v) is 9.77. The molecule has 0 radical (unpaired) electrons. The Labute approximate surface area is 99.7 Å². The first-order valence-electron chi connectivity index (χ1n) is 5.58. The Balaban J connectivity index is 2.01. The Kier molecular flexibility index (Phi) is 4.02. The van der Waals surface area contributed by atoms with Crippen molar-refractivity contribution >= 4 is 11.6 Å². The smallest absolute Gasteiger partial charge is 0.166 e. The molecule has 0 amide bonds. The third-order valence-corrected chi connectivity index (χ3v) is 2.95. The van der Waals surface area contributed by atoms with Crippen LogP contribution < -0.4 is 10.1 Å². The van der Waals surface area contributed by atoms with E-state index in [1.165, 1.54) is 6.07 Å². The number of hydrogen-bond acceptors (Lipinski definition) is 2. The van der Waals surface area contributed by atoms with Gasteiger partial charge in [-0.3, -0.25) is 0 Å². The highest BCUT2D eigenvalue weighted by atomic mass is 35.5. The third kappa shape index (κ3) is 3.09. The van der Waals surface area contributed by atoms with E-state index in [9.17, 15) is 4.39 Å². The van der Waals surface area contributed by atoms with Crippen molar-refractivity contribution < 1.29 is 9.13 Å². The standard InChI is InChI=1S/C12H15ClFNO/c13-9-3-4-12(11(14)8-9)16-10-2-1-6-15-7-5-10/h3-4,8,10,15H,1-2,5-7H2. The molecule has 1 atom stereocenters. The van der Waals surface area contributed by atoms with Crippen LogP contribution in [0.3, 0.4) is 0 Å². The molecule has 1 aromatic rings. The first-order chi connectivity index (χ1) is 7.75. The summed E-state index contributed by atoms with van der Waals surface area (Å²) in [4.78, 5) is 0. The maximum absolute atomic E-state index is 13.5. The zero-order chi connectivity index (χ0) is 11.4. The van der Waals surface area contributed by atoms with Crippen molar-refractivity contribution in [3.63, 3.8) is 0 Å². The highest BCUT2D eigenvalue weighted by molar-refractivity contribution is 6.30. The van der Waals surface area contributed by atoms with Gasteiger partial charge in [-0.1, -0.05) is 11.6 Å². The molecule has 1 aromatic carbocycles. The second kappa shape index (κ2) is 5.51. The summed E-state index contributed by atoms with van der Waals surface area (Å²) in [6.45, 7) is 1.95. The molecule has 0 aliphatic carbocycles. The summed E-state index contributed by atoms with van der Waals surface area (Å²) in [5.74, 6) is -0.0824. The number of nitrogens with one attached hydrogen (secondary N) is 1. The molecule has 0 saturated carbocycles. The summed E-state index contributed by atoms with van der Waals surface area (Å²) in [6.07, 6.45) is 3.06. The summed E-state index contributed by atoms with van der Waals surface area (Å²) < 4.78 is 19.1. The van der Waals surface area contributed by atoms with E-state index in [0.717, 1.165) is 32.4 Å². The molecule has 1 aliphatic heterocycles. The molecule has 1 saturated heterocycles. The lowest BCUT2D eigenvalue weighted by molar-refractivity contribution is 0.179. The molecule has 1 heterocycles. The fourth-order valence-corrected chi connectivity index (χ4v) is 2.01. The molecule has 88 valence electrons. The summed E-state index contributed by atoms with van der Waals surface area (Å²) in [5, 5.41) is 3.69. The largest absolute Gasteiger partial charge is 0.487 e. The second-order valence-corrected chi connectivity index (χ2v) is 4.43. The van der Waals surface area contributed by atoms with E-state index in [1.807, 2.05) is 0 Å². The van der Waals surface area contributed by atoms with Crippen molar-refractivity contribution in [2.45, 2.75) is 25.4 Å². The van der Waals surface area contributed by atoms with E-state index in [1.54, 1.807) is 12.1 Å². The fraction of sp³-hybridized carbons (Fsp3) is 0.500. The van der Waals surface area contributed by atoms with Crippen LogP contribution in [0.5, 0.6) is 5.75 Å². The van der Waals surface area contributed by atoms with Gasteiger partial charge in [-0.2, -0.15) is 0 Å². The lowest BCUT2D eigenvalue weighted by atomic mass is 10.1. The molecule has 1 unspecified atom stereocenters. The maximum Gasteiger partial charge on any atom is 0.166 e. The molecule has 1 N–H and O–H groups in total. The van der Waals surface area contributed by atoms with Crippen molar-refractivity contribution in [3.05, 3.63) is 29.0 Å². The quantitative estimate of drug-likeness (QED) is 0.862. The van der Waals surface area contributed by atoms with Crippen molar-refractivity contribution in [2.75, 3.05) is 13.1 Å². The van der Waals surface area contributed by atoms with Gasteiger partial charge < -0.3 is 10.1 Å². The Morgan fingerprint density at radius 1 is 1.31 bits per heavy atom. The highest BCUT2D eigenvalue weighted by Gasteiger charge is 2.15. The Hall–Kier alpha value is -0.800. The van der Waals surface area contributed by atoms with Crippen LogP contribution >= 0.6 is 11.6 Å². The van der Waals surface area contributed by atoms with Crippen LogP contribution in [0.1, 0.15) is 19.3 Å². The zero-order valence-electron chi connectivity index (χ0n) is 9.01. The van der Waals surface area contributed by atoms with Crippen LogP contribution in [0.25, 0.3) is 0 Å².